The Balaban J connectivity index is 2.43. The van der Waals surface area contributed by atoms with Gasteiger partial charge in [-0.1, -0.05) is 23.4 Å². The van der Waals surface area contributed by atoms with Gasteiger partial charge in [-0.15, -0.1) is 5.10 Å². The minimum atomic E-state index is -3.83. The van der Waals surface area contributed by atoms with Gasteiger partial charge in [-0.2, -0.15) is 0 Å². The maximum Gasteiger partial charge on any atom is 0.346 e. The normalized spacial score (nSPS) is 12.6. The summed E-state index contributed by atoms with van der Waals surface area (Å²) in [7, 11) is -7.66. The molecular weight excluding hydrogens is 416 g/mol. The van der Waals surface area contributed by atoms with Gasteiger partial charge in [0.15, 0.2) is 5.40 Å². The minimum Gasteiger partial charge on any atom is -0.308 e. The van der Waals surface area contributed by atoms with Crippen LogP contribution in [0.15, 0.2) is 36.5 Å². The summed E-state index contributed by atoms with van der Waals surface area (Å²) in [5.41, 5.74) is 1.29. The molecule has 0 aliphatic heterocycles. The summed E-state index contributed by atoms with van der Waals surface area (Å²) in [6.07, 6.45) is 1.69. The second-order valence-corrected chi connectivity index (χ2v) is 10.8. The molecule has 0 radical (unpaired) electrons. The van der Waals surface area contributed by atoms with E-state index in [1.54, 1.807) is 38.6 Å². The highest BCUT2D eigenvalue weighted by Crippen LogP contribution is 2.71. The summed E-state index contributed by atoms with van der Waals surface area (Å²) in [6, 6.07) is 9.43. The van der Waals surface area contributed by atoms with Gasteiger partial charge in [0.05, 0.1) is 44.0 Å². The maximum absolute atomic E-state index is 13.6. The van der Waals surface area contributed by atoms with Crippen LogP contribution in [0.4, 0.5) is 0 Å². The van der Waals surface area contributed by atoms with E-state index in [2.05, 4.69) is 10.3 Å². The van der Waals surface area contributed by atoms with Crippen molar-refractivity contribution < 1.29 is 27.2 Å². The van der Waals surface area contributed by atoms with Crippen molar-refractivity contribution in [3.05, 3.63) is 42.2 Å². The van der Waals surface area contributed by atoms with Crippen LogP contribution in [0.2, 0.25) is 0 Å². The molecule has 0 bridgehead atoms. The van der Waals surface area contributed by atoms with Crippen LogP contribution in [0, 0.1) is 0 Å². The van der Waals surface area contributed by atoms with Crippen LogP contribution in [0.3, 0.4) is 0 Å². The van der Waals surface area contributed by atoms with E-state index in [-0.39, 0.29) is 32.8 Å². The lowest BCUT2D eigenvalue weighted by atomic mass is 10.3. The quantitative estimate of drug-likeness (QED) is 0.410. The van der Waals surface area contributed by atoms with Gasteiger partial charge < -0.3 is 18.1 Å². The molecule has 162 valence electrons. The van der Waals surface area contributed by atoms with Gasteiger partial charge in [0.1, 0.15) is 0 Å². The van der Waals surface area contributed by atoms with E-state index >= 15 is 0 Å². The first kappa shape index (κ1) is 23.9. The van der Waals surface area contributed by atoms with Crippen molar-refractivity contribution in [1.29, 1.82) is 0 Å². The van der Waals surface area contributed by atoms with Crippen molar-refractivity contribution in [3.8, 4) is 5.69 Å². The molecule has 0 amide bonds. The number of hydrogen-bond donors (Lipinski definition) is 0. The van der Waals surface area contributed by atoms with Crippen LogP contribution in [0.1, 0.15) is 33.4 Å². The third kappa shape index (κ3) is 6.07. The molecule has 1 aromatic carbocycles. The summed E-state index contributed by atoms with van der Waals surface area (Å²) in [6.45, 7) is 7.29. The highest BCUT2D eigenvalue weighted by molar-refractivity contribution is 7.72. The summed E-state index contributed by atoms with van der Waals surface area (Å²) in [4.78, 5) is 0. The Bertz CT molecular complexity index is 795. The third-order valence-corrected chi connectivity index (χ3v) is 9.91. The first-order chi connectivity index (χ1) is 13.9. The number of hydrogen-bond acceptors (Lipinski definition) is 8. The van der Waals surface area contributed by atoms with E-state index in [0.29, 0.717) is 5.69 Å². The fourth-order valence-corrected chi connectivity index (χ4v) is 8.11. The van der Waals surface area contributed by atoms with E-state index in [1.165, 1.54) is 0 Å². The van der Waals surface area contributed by atoms with Gasteiger partial charge in [0.25, 0.3) is 0 Å². The zero-order valence-electron chi connectivity index (χ0n) is 17.3. The van der Waals surface area contributed by atoms with Gasteiger partial charge in [-0.25, -0.2) is 4.68 Å². The predicted molar refractivity (Wildman–Crippen MR) is 111 cm³/mol. The molecule has 0 spiro atoms. The van der Waals surface area contributed by atoms with E-state index in [1.807, 2.05) is 30.3 Å². The highest BCUT2D eigenvalue weighted by atomic mass is 31.2. The summed E-state index contributed by atoms with van der Waals surface area (Å²) >= 11 is 0. The molecule has 0 atom stereocenters. The zero-order chi connectivity index (χ0) is 21.3. The molecule has 11 heteroatoms. The van der Waals surface area contributed by atoms with Crippen molar-refractivity contribution in [2.75, 3.05) is 26.4 Å². The Morgan fingerprint density at radius 3 is 1.79 bits per heavy atom. The molecule has 1 aromatic heterocycles. The van der Waals surface area contributed by atoms with Crippen LogP contribution in [0.25, 0.3) is 5.69 Å². The Hall–Kier alpha value is -1.34. The lowest BCUT2D eigenvalue weighted by molar-refractivity contribution is 0.195. The number of aromatic nitrogens is 3. The van der Waals surface area contributed by atoms with Crippen LogP contribution in [-0.4, -0.2) is 46.8 Å². The molecule has 0 aliphatic rings. The maximum atomic E-state index is 13.6. The van der Waals surface area contributed by atoms with Gasteiger partial charge in [-0.3, -0.25) is 9.13 Å². The summed E-state index contributed by atoms with van der Waals surface area (Å²) in [5.74, 6) is 0. The smallest absolute Gasteiger partial charge is 0.308 e. The van der Waals surface area contributed by atoms with Crippen molar-refractivity contribution in [3.63, 3.8) is 0 Å². The standard InChI is InChI=1S/C18H29N3O6P2/c1-5-24-28(22,25-6-2)18(29(23,26-7-3)27-8-4)14-16-15-21(20-19-16)17-12-10-9-11-13-17/h9-13,15,18H,5-8,14H2,1-4H3. The van der Waals surface area contributed by atoms with Gasteiger partial charge in [0, 0.05) is 6.42 Å². The number of nitrogens with zero attached hydrogens (tertiary/aromatic N) is 3. The minimum absolute atomic E-state index is 0.00138. The number of para-hydroxylation sites is 1. The van der Waals surface area contributed by atoms with Crippen molar-refractivity contribution in [1.82, 2.24) is 15.0 Å². The summed E-state index contributed by atoms with van der Waals surface area (Å²) < 4.78 is 50.6. The highest BCUT2D eigenvalue weighted by Gasteiger charge is 2.51. The fourth-order valence-electron chi connectivity index (χ4n) is 2.82. The summed E-state index contributed by atoms with van der Waals surface area (Å²) in [5, 5.41) is 7.10. The van der Waals surface area contributed by atoms with Crippen molar-refractivity contribution in [2.24, 2.45) is 0 Å². The lowest BCUT2D eigenvalue weighted by Crippen LogP contribution is -2.20. The van der Waals surface area contributed by atoms with Gasteiger partial charge >= 0.3 is 15.2 Å². The molecule has 0 saturated heterocycles. The van der Waals surface area contributed by atoms with E-state index in [4.69, 9.17) is 18.1 Å². The average Bonchev–Trinajstić information content (AvgIpc) is 3.16. The van der Waals surface area contributed by atoms with Crippen LogP contribution >= 0.6 is 15.2 Å². The molecule has 9 nitrogen and oxygen atoms in total. The molecule has 0 unspecified atom stereocenters. The van der Waals surface area contributed by atoms with E-state index < -0.39 is 20.6 Å². The largest absolute Gasteiger partial charge is 0.346 e. The van der Waals surface area contributed by atoms with E-state index in [0.717, 1.165) is 5.69 Å². The molecule has 0 fully saturated rings. The molecule has 0 saturated carbocycles. The Morgan fingerprint density at radius 2 is 1.34 bits per heavy atom. The monoisotopic (exact) mass is 445 g/mol. The SMILES string of the molecule is CCOP(=O)(OCC)C(Cc1cn(-c2ccccc2)nn1)P(=O)(OCC)OCC. The van der Waals surface area contributed by atoms with Crippen molar-refractivity contribution in [2.45, 2.75) is 39.5 Å². The molecule has 2 rings (SSSR count). The number of rotatable bonds is 13. The molecule has 1 heterocycles. The van der Waals surface area contributed by atoms with Crippen molar-refractivity contribution >= 4 is 15.2 Å². The Morgan fingerprint density at radius 1 is 0.862 bits per heavy atom. The number of benzene rings is 1. The van der Waals surface area contributed by atoms with Gasteiger partial charge in [-0.05, 0) is 39.8 Å². The topological polar surface area (TPSA) is 102 Å². The van der Waals surface area contributed by atoms with Gasteiger partial charge in [0.2, 0.25) is 0 Å². The molecule has 0 aliphatic carbocycles. The predicted octanol–water partition coefficient (Wildman–Crippen LogP) is 4.67. The lowest BCUT2D eigenvalue weighted by Gasteiger charge is -2.30. The molecule has 29 heavy (non-hydrogen) atoms. The fraction of sp³-hybridized carbons (Fsp3) is 0.556. The second-order valence-electron chi connectivity index (χ2n) is 5.93. The van der Waals surface area contributed by atoms with Crippen LogP contribution in [0.5, 0.6) is 0 Å². The van der Waals surface area contributed by atoms with Crippen LogP contribution in [-0.2, 0) is 33.6 Å². The molecule has 0 N–H and O–H groups in total. The molecular formula is C18H29N3O6P2. The average molecular weight is 445 g/mol. The first-order valence-electron chi connectivity index (χ1n) is 9.66. The zero-order valence-corrected chi connectivity index (χ0v) is 19.1. The van der Waals surface area contributed by atoms with Crippen LogP contribution < -0.4 is 0 Å². The van der Waals surface area contributed by atoms with E-state index in [9.17, 15) is 9.13 Å². The molecule has 2 aromatic rings. The Labute approximate surface area is 171 Å². The first-order valence-corrected chi connectivity index (χ1v) is 12.9. The third-order valence-electron chi connectivity index (χ3n) is 3.92. The second kappa shape index (κ2) is 11.2. The Kier molecular flexibility index (Phi) is 9.21.